The van der Waals surface area contributed by atoms with Crippen LogP contribution >= 0.6 is 15.9 Å². The number of hydrogen-bond acceptors (Lipinski definition) is 4. The third-order valence-corrected chi connectivity index (χ3v) is 2.47. The van der Waals surface area contributed by atoms with Crippen molar-refractivity contribution in [2.45, 2.75) is 0 Å². The standard InChI is InChI=1S/C10H7BrFNO5/c1-5(10(14)15)4-18-9-7(11)2-6(12)3-8(9)13(16)17/h2-3H,1,4H2,(H,14,15). The fourth-order valence-electron chi connectivity index (χ4n) is 1.05. The average molecular weight is 320 g/mol. The zero-order valence-electron chi connectivity index (χ0n) is 8.85. The average Bonchev–Trinajstić information content (AvgIpc) is 2.26. The molecule has 0 unspecified atom stereocenters. The summed E-state index contributed by atoms with van der Waals surface area (Å²) in [5.74, 6) is -2.34. The van der Waals surface area contributed by atoms with E-state index in [0.717, 1.165) is 6.07 Å². The molecule has 0 aliphatic rings. The predicted molar refractivity (Wildman–Crippen MR) is 63.0 cm³/mol. The fraction of sp³-hybridized carbons (Fsp3) is 0.100. The molecule has 1 rings (SSSR count). The summed E-state index contributed by atoms with van der Waals surface area (Å²) < 4.78 is 18.0. The van der Waals surface area contributed by atoms with Gasteiger partial charge in [-0.2, -0.15) is 0 Å². The zero-order valence-corrected chi connectivity index (χ0v) is 10.4. The zero-order chi connectivity index (χ0) is 13.9. The number of carbonyl (C=O) groups is 1. The maximum absolute atomic E-state index is 13.0. The van der Waals surface area contributed by atoms with Crippen molar-refractivity contribution in [2.24, 2.45) is 0 Å². The Hall–Kier alpha value is -1.96. The first-order valence-corrected chi connectivity index (χ1v) is 5.29. The molecule has 0 radical (unpaired) electrons. The number of benzene rings is 1. The van der Waals surface area contributed by atoms with Gasteiger partial charge in [0.05, 0.1) is 21.0 Å². The van der Waals surface area contributed by atoms with E-state index in [-0.39, 0.29) is 15.8 Å². The van der Waals surface area contributed by atoms with E-state index in [0.29, 0.717) is 6.07 Å². The minimum atomic E-state index is -1.28. The number of halogens is 2. The third-order valence-electron chi connectivity index (χ3n) is 1.88. The van der Waals surface area contributed by atoms with E-state index in [9.17, 15) is 19.3 Å². The molecule has 0 bridgehead atoms. The van der Waals surface area contributed by atoms with E-state index in [1.165, 1.54) is 0 Å². The van der Waals surface area contributed by atoms with E-state index in [4.69, 9.17) is 9.84 Å². The highest BCUT2D eigenvalue weighted by atomic mass is 79.9. The molecule has 0 heterocycles. The summed E-state index contributed by atoms with van der Waals surface area (Å²) in [6.07, 6.45) is 0. The quantitative estimate of drug-likeness (QED) is 0.511. The van der Waals surface area contributed by atoms with Crippen molar-refractivity contribution in [3.8, 4) is 5.75 Å². The first-order chi connectivity index (χ1) is 8.32. The van der Waals surface area contributed by atoms with Gasteiger partial charge in [0.25, 0.3) is 0 Å². The molecule has 0 aliphatic heterocycles. The Morgan fingerprint density at radius 2 is 2.22 bits per heavy atom. The number of aliphatic carboxylic acids is 1. The van der Waals surface area contributed by atoms with Crippen molar-refractivity contribution >= 4 is 27.6 Å². The Bertz CT molecular complexity index is 531. The van der Waals surface area contributed by atoms with Gasteiger partial charge in [-0.3, -0.25) is 10.1 Å². The molecule has 0 aromatic heterocycles. The minimum Gasteiger partial charge on any atom is -0.481 e. The lowest BCUT2D eigenvalue weighted by atomic mass is 10.3. The van der Waals surface area contributed by atoms with Gasteiger partial charge in [0.1, 0.15) is 12.4 Å². The smallest absolute Gasteiger partial charge is 0.334 e. The molecule has 0 fully saturated rings. The topological polar surface area (TPSA) is 89.7 Å². The lowest BCUT2D eigenvalue weighted by Crippen LogP contribution is -2.10. The molecule has 0 aliphatic carbocycles. The first-order valence-electron chi connectivity index (χ1n) is 4.50. The molecule has 8 heteroatoms. The van der Waals surface area contributed by atoms with Crippen LogP contribution in [0.4, 0.5) is 10.1 Å². The van der Waals surface area contributed by atoms with Crippen molar-refractivity contribution in [1.82, 2.24) is 0 Å². The molecule has 18 heavy (non-hydrogen) atoms. The first kappa shape index (κ1) is 14.1. The number of nitro groups is 1. The molecular weight excluding hydrogens is 313 g/mol. The molecule has 1 aromatic rings. The van der Waals surface area contributed by atoms with E-state index < -0.39 is 29.0 Å². The highest BCUT2D eigenvalue weighted by molar-refractivity contribution is 9.10. The third kappa shape index (κ3) is 3.27. The van der Waals surface area contributed by atoms with Crippen LogP contribution in [-0.2, 0) is 4.79 Å². The van der Waals surface area contributed by atoms with Gasteiger partial charge in [0, 0.05) is 0 Å². The van der Waals surface area contributed by atoms with E-state index >= 15 is 0 Å². The van der Waals surface area contributed by atoms with Crippen LogP contribution in [0.1, 0.15) is 0 Å². The number of rotatable bonds is 5. The molecule has 0 saturated heterocycles. The molecule has 0 spiro atoms. The minimum absolute atomic E-state index is 0.0207. The lowest BCUT2D eigenvalue weighted by Gasteiger charge is -2.08. The monoisotopic (exact) mass is 319 g/mol. The molecule has 0 amide bonds. The number of hydrogen-bond donors (Lipinski definition) is 1. The molecule has 1 N–H and O–H groups in total. The van der Waals surface area contributed by atoms with Gasteiger partial charge in [-0.15, -0.1) is 0 Å². The largest absolute Gasteiger partial charge is 0.481 e. The predicted octanol–water partition coefficient (Wildman–Crippen LogP) is 2.52. The van der Waals surface area contributed by atoms with Crippen molar-refractivity contribution in [1.29, 1.82) is 0 Å². The summed E-state index contributed by atoms with van der Waals surface area (Å²) in [5, 5.41) is 19.3. The van der Waals surface area contributed by atoms with Crippen LogP contribution in [0.5, 0.6) is 5.75 Å². The van der Waals surface area contributed by atoms with Gasteiger partial charge in [-0.25, -0.2) is 9.18 Å². The Kier molecular flexibility index (Phi) is 4.38. The summed E-state index contributed by atoms with van der Waals surface area (Å²) in [6, 6.07) is 1.66. The van der Waals surface area contributed by atoms with Crippen molar-refractivity contribution in [3.05, 3.63) is 44.7 Å². The van der Waals surface area contributed by atoms with Crippen LogP contribution in [-0.4, -0.2) is 22.6 Å². The summed E-state index contributed by atoms with van der Waals surface area (Å²) >= 11 is 2.91. The normalized spacial score (nSPS) is 9.89. The molecular formula is C10H7BrFNO5. The Labute approximate surface area is 109 Å². The second kappa shape index (κ2) is 5.58. The maximum Gasteiger partial charge on any atom is 0.334 e. The Morgan fingerprint density at radius 1 is 1.61 bits per heavy atom. The number of carboxylic acid groups (broad SMARTS) is 1. The van der Waals surface area contributed by atoms with Crippen molar-refractivity contribution < 1.29 is 24.0 Å². The molecule has 0 saturated carbocycles. The number of ether oxygens (including phenoxy) is 1. The number of carboxylic acids is 1. The summed E-state index contributed by atoms with van der Waals surface area (Å²) in [4.78, 5) is 20.4. The van der Waals surface area contributed by atoms with Gasteiger partial charge in [-0.05, 0) is 22.0 Å². The van der Waals surface area contributed by atoms with Crippen LogP contribution in [0.2, 0.25) is 0 Å². The SMILES string of the molecule is C=C(COc1c(Br)cc(F)cc1[N+](=O)[O-])C(=O)O. The fourth-order valence-corrected chi connectivity index (χ4v) is 1.58. The molecule has 96 valence electrons. The summed E-state index contributed by atoms with van der Waals surface area (Å²) in [5.41, 5.74) is -0.874. The van der Waals surface area contributed by atoms with Crippen LogP contribution in [0.15, 0.2) is 28.8 Å². The van der Waals surface area contributed by atoms with Crippen LogP contribution in [0.3, 0.4) is 0 Å². The molecule has 6 nitrogen and oxygen atoms in total. The Balaban J connectivity index is 3.04. The van der Waals surface area contributed by atoms with Crippen molar-refractivity contribution in [2.75, 3.05) is 6.61 Å². The van der Waals surface area contributed by atoms with E-state index in [1.807, 2.05) is 0 Å². The van der Waals surface area contributed by atoms with Gasteiger partial charge in [0.15, 0.2) is 0 Å². The van der Waals surface area contributed by atoms with Gasteiger partial charge in [-0.1, -0.05) is 6.58 Å². The van der Waals surface area contributed by atoms with Gasteiger partial charge in [0.2, 0.25) is 5.75 Å². The number of nitrogens with zero attached hydrogens (tertiary/aromatic N) is 1. The second-order valence-corrected chi connectivity index (χ2v) is 4.04. The van der Waals surface area contributed by atoms with Crippen LogP contribution in [0.25, 0.3) is 0 Å². The molecule has 1 aromatic carbocycles. The number of nitro benzene ring substituents is 1. The summed E-state index contributed by atoms with van der Waals surface area (Å²) in [7, 11) is 0. The van der Waals surface area contributed by atoms with Crippen LogP contribution < -0.4 is 4.74 Å². The molecule has 0 atom stereocenters. The summed E-state index contributed by atoms with van der Waals surface area (Å²) in [6.45, 7) is 2.76. The van der Waals surface area contributed by atoms with Crippen LogP contribution in [0, 0.1) is 15.9 Å². The van der Waals surface area contributed by atoms with E-state index in [1.54, 1.807) is 0 Å². The highest BCUT2D eigenvalue weighted by Crippen LogP contribution is 2.36. The maximum atomic E-state index is 13.0. The Morgan fingerprint density at radius 3 is 2.72 bits per heavy atom. The second-order valence-electron chi connectivity index (χ2n) is 3.19. The van der Waals surface area contributed by atoms with E-state index in [2.05, 4.69) is 22.5 Å². The lowest BCUT2D eigenvalue weighted by molar-refractivity contribution is -0.386. The highest BCUT2D eigenvalue weighted by Gasteiger charge is 2.21. The van der Waals surface area contributed by atoms with Gasteiger partial charge < -0.3 is 9.84 Å². The van der Waals surface area contributed by atoms with Crippen molar-refractivity contribution in [3.63, 3.8) is 0 Å². The van der Waals surface area contributed by atoms with Gasteiger partial charge >= 0.3 is 11.7 Å².